The minimum Gasteiger partial charge on any atom is -0.488 e. The third-order valence-electron chi connectivity index (χ3n) is 1.71. The van der Waals surface area contributed by atoms with Crippen LogP contribution in [0.5, 0.6) is 5.75 Å². The van der Waals surface area contributed by atoms with Crippen LogP contribution in [0.25, 0.3) is 0 Å². The Morgan fingerprint density at radius 1 is 1.24 bits per heavy atom. The normalized spacial score (nSPS) is 10.5. The summed E-state index contributed by atoms with van der Waals surface area (Å²) in [4.78, 5) is 25.7. The van der Waals surface area contributed by atoms with Gasteiger partial charge >= 0.3 is 5.97 Å². The predicted octanol–water partition coefficient (Wildman–Crippen LogP) is 1.68. The van der Waals surface area contributed by atoms with Crippen molar-refractivity contribution in [3.8, 4) is 5.75 Å². The highest BCUT2D eigenvalue weighted by atomic mass is 16.7. The number of hydrogen-bond acceptors (Lipinski definition) is 4. The van der Waals surface area contributed by atoms with Gasteiger partial charge in [-0.25, -0.2) is 4.79 Å². The van der Waals surface area contributed by atoms with Crippen molar-refractivity contribution >= 4 is 12.4 Å². The van der Waals surface area contributed by atoms with Crippen molar-refractivity contribution in [3.05, 3.63) is 29.8 Å². The van der Waals surface area contributed by atoms with E-state index < -0.39 is 5.97 Å². The van der Waals surface area contributed by atoms with Crippen molar-refractivity contribution in [2.75, 3.05) is 0 Å². The van der Waals surface area contributed by atoms with E-state index >= 15 is 0 Å². The van der Waals surface area contributed by atoms with Gasteiger partial charge in [0.05, 0.1) is 5.56 Å². The second-order valence-corrected chi connectivity index (χ2v) is 4.36. The highest BCUT2D eigenvalue weighted by Gasteiger charge is 2.12. The maximum absolute atomic E-state index is 11.3. The summed E-state index contributed by atoms with van der Waals surface area (Å²) in [6, 6.07) is 6.47. The van der Waals surface area contributed by atoms with Crippen molar-refractivity contribution < 1.29 is 19.2 Å². The van der Waals surface area contributed by atoms with Crippen LogP contribution in [0.3, 0.4) is 0 Å². The van der Waals surface area contributed by atoms with Crippen LogP contribution < -0.4 is 10.2 Å². The number of hydroxylamine groups is 1. The van der Waals surface area contributed by atoms with E-state index in [1.807, 2.05) is 26.3 Å². The molecule has 0 atom stereocenters. The quantitative estimate of drug-likeness (QED) is 0.639. The molecular formula is C12H15NO4. The first kappa shape index (κ1) is 13.0. The summed E-state index contributed by atoms with van der Waals surface area (Å²) in [5.74, 6) is 0.0387. The van der Waals surface area contributed by atoms with E-state index in [4.69, 9.17) is 4.74 Å². The molecule has 0 spiro atoms. The molecule has 0 aliphatic carbocycles. The molecule has 0 fully saturated rings. The number of carbonyl (C=O) groups is 2. The molecule has 0 saturated carbocycles. The van der Waals surface area contributed by atoms with Crippen molar-refractivity contribution in [1.29, 1.82) is 0 Å². The molecule has 0 unspecified atom stereocenters. The Labute approximate surface area is 99.7 Å². The molecule has 1 rings (SSSR count). The molecule has 1 amide bonds. The van der Waals surface area contributed by atoms with E-state index in [1.165, 1.54) is 0 Å². The van der Waals surface area contributed by atoms with Crippen LogP contribution in [0, 0.1) is 0 Å². The second-order valence-electron chi connectivity index (χ2n) is 4.36. The van der Waals surface area contributed by atoms with E-state index in [0.717, 1.165) is 0 Å². The number of nitrogens with one attached hydrogen (secondary N) is 1. The molecule has 5 heteroatoms. The monoisotopic (exact) mass is 237 g/mol. The number of rotatable bonds is 4. The highest BCUT2D eigenvalue weighted by Crippen LogP contribution is 2.18. The fourth-order valence-electron chi connectivity index (χ4n) is 1.15. The minimum absolute atomic E-state index is 0.287. The van der Waals surface area contributed by atoms with Gasteiger partial charge in [0.1, 0.15) is 11.4 Å². The Balaban J connectivity index is 2.67. The van der Waals surface area contributed by atoms with E-state index in [0.29, 0.717) is 11.3 Å². The van der Waals surface area contributed by atoms with Crippen LogP contribution in [-0.2, 0) is 9.63 Å². The smallest absolute Gasteiger partial charge is 0.362 e. The lowest BCUT2D eigenvalue weighted by molar-refractivity contribution is -0.117. The van der Waals surface area contributed by atoms with Gasteiger partial charge in [-0.05, 0) is 45.0 Å². The minimum atomic E-state index is -0.626. The van der Waals surface area contributed by atoms with Crippen LogP contribution in [0.15, 0.2) is 24.3 Å². The first-order valence-electron chi connectivity index (χ1n) is 5.12. The van der Waals surface area contributed by atoms with Crippen LogP contribution in [0.1, 0.15) is 31.1 Å². The van der Waals surface area contributed by atoms with Crippen LogP contribution >= 0.6 is 0 Å². The standard InChI is InChI=1S/C12H15NO4/c1-12(2,3)16-10-6-4-9(5-7-10)11(15)17-13-8-14/h4-8H,1-3H3,(H,13,14). The first-order chi connectivity index (χ1) is 7.92. The predicted molar refractivity (Wildman–Crippen MR) is 61.4 cm³/mol. The lowest BCUT2D eigenvalue weighted by atomic mass is 10.2. The Morgan fingerprint density at radius 2 is 1.82 bits per heavy atom. The fraction of sp³-hybridized carbons (Fsp3) is 0.333. The van der Waals surface area contributed by atoms with E-state index in [9.17, 15) is 9.59 Å². The zero-order valence-electron chi connectivity index (χ0n) is 10.0. The molecule has 5 nitrogen and oxygen atoms in total. The van der Waals surface area contributed by atoms with E-state index in [1.54, 1.807) is 24.3 Å². The van der Waals surface area contributed by atoms with Gasteiger partial charge in [-0.15, -0.1) is 0 Å². The topological polar surface area (TPSA) is 64.6 Å². The molecule has 0 saturated heterocycles. The van der Waals surface area contributed by atoms with Gasteiger partial charge in [-0.2, -0.15) is 5.48 Å². The molecule has 0 radical (unpaired) electrons. The number of ether oxygens (including phenoxy) is 1. The molecule has 0 bridgehead atoms. The zero-order valence-corrected chi connectivity index (χ0v) is 10.0. The zero-order chi connectivity index (χ0) is 12.9. The SMILES string of the molecule is CC(C)(C)Oc1ccc(C(=O)ONC=O)cc1. The van der Waals surface area contributed by atoms with Gasteiger partial charge in [0.2, 0.25) is 6.41 Å². The molecule has 0 heterocycles. The van der Waals surface area contributed by atoms with Crippen LogP contribution in [0.4, 0.5) is 0 Å². The fourth-order valence-corrected chi connectivity index (χ4v) is 1.15. The third kappa shape index (κ3) is 4.55. The number of hydrogen-bond donors (Lipinski definition) is 1. The molecule has 17 heavy (non-hydrogen) atoms. The summed E-state index contributed by atoms with van der Waals surface area (Å²) < 4.78 is 5.59. The average molecular weight is 237 g/mol. The summed E-state index contributed by atoms with van der Waals surface area (Å²) in [7, 11) is 0. The van der Waals surface area contributed by atoms with Gasteiger partial charge in [0.25, 0.3) is 0 Å². The summed E-state index contributed by atoms with van der Waals surface area (Å²) >= 11 is 0. The number of amides is 1. The van der Waals surface area contributed by atoms with Gasteiger partial charge in [0.15, 0.2) is 0 Å². The van der Waals surface area contributed by atoms with E-state index in [2.05, 4.69) is 4.84 Å². The molecule has 92 valence electrons. The maximum atomic E-state index is 11.3. The lowest BCUT2D eigenvalue weighted by Crippen LogP contribution is -2.23. The highest BCUT2D eigenvalue weighted by molar-refractivity contribution is 5.89. The summed E-state index contributed by atoms with van der Waals surface area (Å²) in [6.07, 6.45) is 0.287. The van der Waals surface area contributed by atoms with Crippen molar-refractivity contribution in [1.82, 2.24) is 5.48 Å². The van der Waals surface area contributed by atoms with Gasteiger partial charge in [0, 0.05) is 0 Å². The lowest BCUT2D eigenvalue weighted by Gasteiger charge is -2.21. The Hall–Kier alpha value is -2.04. The second kappa shape index (κ2) is 5.34. The van der Waals surface area contributed by atoms with E-state index in [-0.39, 0.29) is 12.0 Å². The summed E-state index contributed by atoms with van der Waals surface area (Å²) in [5, 5.41) is 0. The van der Waals surface area contributed by atoms with Crippen molar-refractivity contribution in [3.63, 3.8) is 0 Å². The average Bonchev–Trinajstić information content (AvgIpc) is 2.24. The molecule has 0 aliphatic heterocycles. The van der Waals surface area contributed by atoms with Crippen molar-refractivity contribution in [2.45, 2.75) is 26.4 Å². The largest absolute Gasteiger partial charge is 0.488 e. The Bertz CT molecular complexity index is 392. The Kier molecular flexibility index (Phi) is 4.09. The summed E-state index contributed by atoms with van der Waals surface area (Å²) in [5.41, 5.74) is 1.88. The maximum Gasteiger partial charge on any atom is 0.362 e. The summed E-state index contributed by atoms with van der Waals surface area (Å²) in [6.45, 7) is 5.80. The molecule has 1 aromatic rings. The third-order valence-corrected chi connectivity index (χ3v) is 1.71. The van der Waals surface area contributed by atoms with Crippen LogP contribution in [-0.4, -0.2) is 18.0 Å². The molecule has 1 N–H and O–H groups in total. The van der Waals surface area contributed by atoms with Gasteiger partial charge in [-0.1, -0.05) is 0 Å². The number of carbonyl (C=O) groups excluding carboxylic acids is 2. The Morgan fingerprint density at radius 3 is 2.29 bits per heavy atom. The molecule has 0 aromatic heterocycles. The van der Waals surface area contributed by atoms with Gasteiger partial charge in [-0.3, -0.25) is 4.79 Å². The van der Waals surface area contributed by atoms with Crippen LogP contribution in [0.2, 0.25) is 0 Å². The first-order valence-corrected chi connectivity index (χ1v) is 5.12. The van der Waals surface area contributed by atoms with Crippen molar-refractivity contribution in [2.24, 2.45) is 0 Å². The molecule has 0 aliphatic rings. The number of benzene rings is 1. The molecule has 1 aromatic carbocycles. The van der Waals surface area contributed by atoms with Gasteiger partial charge < -0.3 is 9.57 Å². The molecular weight excluding hydrogens is 222 g/mol.